The molecule has 0 saturated carbocycles. The lowest BCUT2D eigenvalue weighted by atomic mass is 10.00. The molecule has 2 fully saturated rings. The molecule has 2 aromatic carbocycles. The zero-order valence-electron chi connectivity index (χ0n) is 18.6. The number of hydrazine groups is 2. The van der Waals surface area contributed by atoms with Crippen molar-refractivity contribution < 1.29 is 9.53 Å². The van der Waals surface area contributed by atoms with Crippen molar-refractivity contribution in [2.45, 2.75) is 51.0 Å². The number of carbonyl (C=O) groups excluding carboxylic acids is 1. The molecule has 170 valence electrons. The summed E-state index contributed by atoms with van der Waals surface area (Å²) in [7, 11) is 0. The molecule has 8 heteroatoms. The van der Waals surface area contributed by atoms with Gasteiger partial charge in [-0.2, -0.15) is 5.26 Å². The molecule has 3 aliphatic heterocycles. The fraction of sp³-hybridized carbons (Fsp3) is 0.360. The first kappa shape index (κ1) is 21.3. The molecular formula is C25H28N6O2. The van der Waals surface area contributed by atoms with Crippen LogP contribution in [-0.2, 0) is 6.54 Å². The highest BCUT2D eigenvalue weighted by atomic mass is 16.5. The Morgan fingerprint density at radius 3 is 2.79 bits per heavy atom. The zero-order chi connectivity index (χ0) is 22.8. The van der Waals surface area contributed by atoms with Crippen molar-refractivity contribution in [3.8, 4) is 11.8 Å². The number of urea groups is 1. The molecule has 3 unspecified atom stereocenters. The molecule has 0 spiro atoms. The summed E-state index contributed by atoms with van der Waals surface area (Å²) in [5, 5.41) is 12.9. The number of nitriles is 1. The average Bonchev–Trinajstić information content (AvgIpc) is 3.41. The van der Waals surface area contributed by atoms with Gasteiger partial charge in [-0.3, -0.25) is 9.91 Å². The number of ether oxygens (including phenoxy) is 1. The lowest BCUT2D eigenvalue weighted by Gasteiger charge is -2.34. The van der Waals surface area contributed by atoms with Crippen molar-refractivity contribution in [2.24, 2.45) is 0 Å². The summed E-state index contributed by atoms with van der Waals surface area (Å²) in [6, 6.07) is 17.9. The van der Waals surface area contributed by atoms with Crippen LogP contribution in [0, 0.1) is 11.3 Å². The van der Waals surface area contributed by atoms with Gasteiger partial charge in [0, 0.05) is 12.4 Å². The highest BCUT2D eigenvalue weighted by Crippen LogP contribution is 2.35. The molecule has 3 aliphatic rings. The van der Waals surface area contributed by atoms with Gasteiger partial charge in [-0.1, -0.05) is 37.6 Å². The molecule has 3 atom stereocenters. The lowest BCUT2D eigenvalue weighted by molar-refractivity contribution is 0.132. The predicted octanol–water partition coefficient (Wildman–Crippen LogP) is 3.61. The molecular weight excluding hydrogens is 416 g/mol. The van der Waals surface area contributed by atoms with E-state index in [1.54, 1.807) is 16.0 Å². The Labute approximate surface area is 194 Å². The molecule has 0 bridgehead atoms. The van der Waals surface area contributed by atoms with Crippen LogP contribution in [-0.4, -0.2) is 39.8 Å². The SMILES string of the molecule is CCCCOc1ccc(C2CC3C4NN(Cc5cccc(C#N)c5)C(=O)N4C=CN3N2)cc1. The first-order valence-electron chi connectivity index (χ1n) is 11.5. The summed E-state index contributed by atoms with van der Waals surface area (Å²) in [4.78, 5) is 14.8. The van der Waals surface area contributed by atoms with E-state index in [9.17, 15) is 4.79 Å². The number of nitrogens with zero attached hydrogens (tertiary/aromatic N) is 4. The van der Waals surface area contributed by atoms with Crippen molar-refractivity contribution in [3.05, 3.63) is 77.6 Å². The largest absolute Gasteiger partial charge is 0.494 e. The summed E-state index contributed by atoms with van der Waals surface area (Å²) in [6.45, 7) is 3.30. The van der Waals surface area contributed by atoms with Crippen LogP contribution in [0.3, 0.4) is 0 Å². The van der Waals surface area contributed by atoms with Crippen molar-refractivity contribution >= 4 is 6.03 Å². The Morgan fingerprint density at radius 1 is 1.15 bits per heavy atom. The number of benzene rings is 2. The third kappa shape index (κ3) is 4.25. The third-order valence-corrected chi connectivity index (χ3v) is 6.38. The van der Waals surface area contributed by atoms with Gasteiger partial charge < -0.3 is 9.75 Å². The van der Waals surface area contributed by atoms with Crippen LogP contribution in [0.25, 0.3) is 0 Å². The highest BCUT2D eigenvalue weighted by Gasteiger charge is 2.48. The monoisotopic (exact) mass is 444 g/mol. The first-order valence-corrected chi connectivity index (χ1v) is 11.5. The van der Waals surface area contributed by atoms with Gasteiger partial charge in [0.15, 0.2) is 0 Å². The van der Waals surface area contributed by atoms with Gasteiger partial charge in [0.25, 0.3) is 0 Å². The van der Waals surface area contributed by atoms with Crippen LogP contribution in [0.4, 0.5) is 4.79 Å². The molecule has 0 aromatic heterocycles. The Bertz CT molecular complexity index is 1080. The van der Waals surface area contributed by atoms with E-state index in [1.807, 2.05) is 42.7 Å². The normalized spacial score (nSPS) is 23.5. The van der Waals surface area contributed by atoms with Crippen LogP contribution in [0.2, 0.25) is 0 Å². The van der Waals surface area contributed by atoms with Crippen LogP contribution in [0.5, 0.6) is 5.75 Å². The van der Waals surface area contributed by atoms with E-state index in [0.717, 1.165) is 37.2 Å². The maximum atomic E-state index is 13.0. The van der Waals surface area contributed by atoms with Gasteiger partial charge in [0.1, 0.15) is 11.9 Å². The zero-order valence-corrected chi connectivity index (χ0v) is 18.6. The van der Waals surface area contributed by atoms with E-state index in [-0.39, 0.29) is 24.3 Å². The van der Waals surface area contributed by atoms with E-state index in [1.165, 1.54) is 5.56 Å². The van der Waals surface area contributed by atoms with E-state index in [0.29, 0.717) is 12.1 Å². The third-order valence-electron chi connectivity index (χ3n) is 6.38. The number of nitrogens with one attached hydrogen (secondary N) is 2. The van der Waals surface area contributed by atoms with E-state index >= 15 is 0 Å². The Morgan fingerprint density at radius 2 is 2.00 bits per heavy atom. The van der Waals surface area contributed by atoms with Crippen molar-refractivity contribution in [1.82, 2.24) is 25.8 Å². The van der Waals surface area contributed by atoms with Gasteiger partial charge in [0.05, 0.1) is 36.9 Å². The highest BCUT2D eigenvalue weighted by molar-refractivity contribution is 5.77. The summed E-state index contributed by atoms with van der Waals surface area (Å²) >= 11 is 0. The fourth-order valence-electron chi connectivity index (χ4n) is 4.60. The number of amides is 2. The van der Waals surface area contributed by atoms with Gasteiger partial charge >= 0.3 is 6.03 Å². The maximum absolute atomic E-state index is 13.0. The van der Waals surface area contributed by atoms with E-state index in [4.69, 9.17) is 10.00 Å². The summed E-state index contributed by atoms with van der Waals surface area (Å²) < 4.78 is 5.78. The Balaban J connectivity index is 1.25. The summed E-state index contributed by atoms with van der Waals surface area (Å²) in [6.07, 6.45) is 6.63. The second-order valence-electron chi connectivity index (χ2n) is 8.62. The molecule has 2 N–H and O–H groups in total. The van der Waals surface area contributed by atoms with Crippen LogP contribution in [0.1, 0.15) is 48.9 Å². The molecule has 8 nitrogen and oxygen atoms in total. The van der Waals surface area contributed by atoms with Crippen LogP contribution in [0.15, 0.2) is 60.9 Å². The topological polar surface area (TPSA) is 83.9 Å². The minimum atomic E-state index is -0.157. The summed E-state index contributed by atoms with van der Waals surface area (Å²) in [5.74, 6) is 0.896. The molecule has 2 saturated heterocycles. The van der Waals surface area contributed by atoms with Gasteiger partial charge in [-0.15, -0.1) is 0 Å². The van der Waals surface area contributed by atoms with Crippen molar-refractivity contribution in [2.75, 3.05) is 6.61 Å². The molecule has 0 aliphatic carbocycles. The predicted molar refractivity (Wildman–Crippen MR) is 123 cm³/mol. The second-order valence-corrected chi connectivity index (χ2v) is 8.62. The van der Waals surface area contributed by atoms with Gasteiger partial charge in [-0.25, -0.2) is 15.6 Å². The van der Waals surface area contributed by atoms with E-state index in [2.05, 4.69) is 41.0 Å². The summed E-state index contributed by atoms with van der Waals surface area (Å²) in [5.41, 5.74) is 9.65. The Hall–Kier alpha value is -3.54. The number of fused-ring (bicyclic) bond motifs is 3. The van der Waals surface area contributed by atoms with E-state index < -0.39 is 0 Å². The number of carbonyl (C=O) groups is 1. The quantitative estimate of drug-likeness (QED) is 0.635. The fourth-order valence-corrected chi connectivity index (χ4v) is 4.60. The smallest absolute Gasteiger partial charge is 0.340 e. The minimum absolute atomic E-state index is 0.0877. The van der Waals surface area contributed by atoms with Gasteiger partial charge in [-0.05, 0) is 48.2 Å². The number of rotatable bonds is 7. The molecule has 5 rings (SSSR count). The molecule has 2 aromatic rings. The molecule has 3 heterocycles. The minimum Gasteiger partial charge on any atom is -0.494 e. The maximum Gasteiger partial charge on any atom is 0.340 e. The Kier molecular flexibility index (Phi) is 5.90. The average molecular weight is 445 g/mol. The molecule has 2 amide bonds. The number of hydrogen-bond acceptors (Lipinski definition) is 6. The van der Waals surface area contributed by atoms with Crippen LogP contribution < -0.4 is 15.6 Å². The second kappa shape index (κ2) is 9.14. The van der Waals surface area contributed by atoms with Crippen molar-refractivity contribution in [3.63, 3.8) is 0 Å². The van der Waals surface area contributed by atoms with Crippen LogP contribution >= 0.6 is 0 Å². The lowest BCUT2D eigenvalue weighted by Crippen LogP contribution is -2.53. The molecule has 0 radical (unpaired) electrons. The van der Waals surface area contributed by atoms with Gasteiger partial charge in [0.2, 0.25) is 0 Å². The molecule has 33 heavy (non-hydrogen) atoms. The standard InChI is InChI=1S/C25H28N6O2/c1-2-3-13-33-21-9-7-20(8-10-21)22-15-23-24-28-31(17-19-6-4-5-18(14-19)16-26)25(32)29(24)11-12-30(23)27-22/h4-12,14,22-24,27-28H,2-3,13,15,17H2,1H3. The van der Waals surface area contributed by atoms with Crippen molar-refractivity contribution in [1.29, 1.82) is 5.26 Å². The number of unbranched alkanes of at least 4 members (excludes halogenated alkanes) is 1. The first-order chi connectivity index (χ1) is 16.2. The number of hydrogen-bond donors (Lipinski definition) is 2.